The van der Waals surface area contributed by atoms with Crippen molar-refractivity contribution in [3.8, 4) is 11.5 Å². The second kappa shape index (κ2) is 9.00. The van der Waals surface area contributed by atoms with Gasteiger partial charge in [-0.05, 0) is 36.8 Å². The van der Waals surface area contributed by atoms with Crippen molar-refractivity contribution in [2.45, 2.75) is 13.0 Å². The average Bonchev–Trinajstić information content (AvgIpc) is 2.63. The summed E-state index contributed by atoms with van der Waals surface area (Å²) in [6, 6.07) is 8.52. The van der Waals surface area contributed by atoms with Crippen LogP contribution in [-0.4, -0.2) is 32.4 Å². The first-order chi connectivity index (χ1) is 12.5. The van der Waals surface area contributed by atoms with Gasteiger partial charge in [-0.1, -0.05) is 6.07 Å². The van der Waals surface area contributed by atoms with Crippen LogP contribution in [0.2, 0.25) is 0 Å². The number of nitro benzene ring substituents is 1. The van der Waals surface area contributed by atoms with Crippen LogP contribution in [0.4, 0.5) is 15.8 Å². The number of methoxy groups -OCH3 is 2. The highest BCUT2D eigenvalue weighted by Gasteiger charge is 2.18. The van der Waals surface area contributed by atoms with E-state index in [1.807, 2.05) is 13.0 Å². The first kappa shape index (κ1) is 19.5. The van der Waals surface area contributed by atoms with Crippen molar-refractivity contribution >= 4 is 11.4 Å². The van der Waals surface area contributed by atoms with Crippen LogP contribution in [0.5, 0.6) is 11.5 Å². The van der Waals surface area contributed by atoms with Gasteiger partial charge in [-0.25, -0.2) is 4.39 Å². The smallest absolute Gasteiger partial charge is 0.295 e. The van der Waals surface area contributed by atoms with Gasteiger partial charge in [0.2, 0.25) is 0 Å². The van der Waals surface area contributed by atoms with Crippen molar-refractivity contribution in [2.24, 2.45) is 0 Å². The third kappa shape index (κ3) is 4.82. The molecule has 2 aromatic rings. The minimum absolute atomic E-state index is 0.239. The molecule has 8 heteroatoms. The number of nitro groups is 1. The molecule has 0 spiro atoms. The van der Waals surface area contributed by atoms with E-state index in [9.17, 15) is 14.5 Å². The molecule has 7 nitrogen and oxygen atoms in total. The molecule has 2 rings (SSSR count). The highest BCUT2D eigenvalue weighted by atomic mass is 19.1. The largest absolute Gasteiger partial charge is 0.493 e. The predicted molar refractivity (Wildman–Crippen MR) is 95.5 cm³/mol. The standard InChI is InChI=1S/C18H21FN2O5/c1-12(20-15-6-5-14(19)11-16(15)21(22)23)13-4-7-17(18(10-13)25-3)26-9-8-24-2/h4-7,10-12,20H,8-9H2,1-3H3. The maximum absolute atomic E-state index is 13.3. The fraction of sp³-hybridized carbons (Fsp3) is 0.333. The Hall–Kier alpha value is -2.87. The highest BCUT2D eigenvalue weighted by Crippen LogP contribution is 2.33. The summed E-state index contributed by atoms with van der Waals surface area (Å²) >= 11 is 0. The van der Waals surface area contributed by atoms with Gasteiger partial charge in [0, 0.05) is 13.2 Å². The zero-order chi connectivity index (χ0) is 19.1. The average molecular weight is 364 g/mol. The lowest BCUT2D eigenvalue weighted by molar-refractivity contribution is -0.384. The molecule has 2 aromatic carbocycles. The fourth-order valence-electron chi connectivity index (χ4n) is 2.40. The molecule has 0 saturated heterocycles. The van der Waals surface area contributed by atoms with Crippen molar-refractivity contribution < 1.29 is 23.5 Å². The number of hydrogen-bond acceptors (Lipinski definition) is 6. The normalized spacial score (nSPS) is 11.7. The number of benzene rings is 2. The van der Waals surface area contributed by atoms with E-state index in [0.717, 1.165) is 11.6 Å². The highest BCUT2D eigenvalue weighted by molar-refractivity contribution is 5.62. The van der Waals surface area contributed by atoms with E-state index in [4.69, 9.17) is 14.2 Å². The molecule has 1 atom stereocenters. The lowest BCUT2D eigenvalue weighted by atomic mass is 10.1. The molecule has 0 saturated carbocycles. The van der Waals surface area contributed by atoms with E-state index in [1.165, 1.54) is 19.2 Å². The Kier molecular flexibility index (Phi) is 6.74. The monoisotopic (exact) mass is 364 g/mol. The summed E-state index contributed by atoms with van der Waals surface area (Å²) in [6.07, 6.45) is 0. The third-order valence-electron chi connectivity index (χ3n) is 3.76. The Morgan fingerprint density at radius 3 is 2.58 bits per heavy atom. The molecular weight excluding hydrogens is 343 g/mol. The van der Waals surface area contributed by atoms with Crippen molar-refractivity contribution in [2.75, 3.05) is 32.8 Å². The van der Waals surface area contributed by atoms with Gasteiger partial charge in [-0.15, -0.1) is 0 Å². The molecule has 0 aromatic heterocycles. The lowest BCUT2D eigenvalue weighted by Gasteiger charge is -2.18. The fourth-order valence-corrected chi connectivity index (χ4v) is 2.40. The van der Waals surface area contributed by atoms with Crippen molar-refractivity contribution in [3.63, 3.8) is 0 Å². The van der Waals surface area contributed by atoms with Gasteiger partial charge in [0.25, 0.3) is 5.69 Å². The van der Waals surface area contributed by atoms with Gasteiger partial charge in [-0.3, -0.25) is 10.1 Å². The molecule has 0 aliphatic rings. The summed E-state index contributed by atoms with van der Waals surface area (Å²) in [7, 11) is 3.12. The van der Waals surface area contributed by atoms with Gasteiger partial charge < -0.3 is 19.5 Å². The summed E-state index contributed by atoms with van der Waals surface area (Å²) in [5, 5.41) is 14.1. The van der Waals surface area contributed by atoms with Crippen LogP contribution in [0.3, 0.4) is 0 Å². The van der Waals surface area contributed by atoms with Gasteiger partial charge in [0.1, 0.15) is 18.1 Å². The second-order valence-electron chi connectivity index (χ2n) is 5.54. The number of rotatable bonds is 9. The number of ether oxygens (including phenoxy) is 3. The molecular formula is C18H21FN2O5. The predicted octanol–water partition coefficient (Wildman–Crippen LogP) is 3.94. The minimum atomic E-state index is -0.658. The van der Waals surface area contributed by atoms with Crippen molar-refractivity contribution in [1.82, 2.24) is 0 Å². The molecule has 1 unspecified atom stereocenters. The molecule has 140 valence electrons. The van der Waals surface area contributed by atoms with E-state index < -0.39 is 10.7 Å². The maximum Gasteiger partial charge on any atom is 0.295 e. The van der Waals surface area contributed by atoms with E-state index in [0.29, 0.717) is 24.7 Å². The molecule has 0 aliphatic heterocycles. The van der Waals surface area contributed by atoms with Crippen LogP contribution in [0.1, 0.15) is 18.5 Å². The Bertz CT molecular complexity index is 769. The summed E-state index contributed by atoms with van der Waals surface area (Å²) in [5.74, 6) is 0.461. The number of nitrogens with one attached hydrogen (secondary N) is 1. The number of nitrogens with zero attached hydrogens (tertiary/aromatic N) is 1. The molecule has 1 N–H and O–H groups in total. The lowest BCUT2D eigenvalue weighted by Crippen LogP contribution is -2.10. The molecule has 26 heavy (non-hydrogen) atoms. The first-order valence-corrected chi connectivity index (χ1v) is 7.96. The van der Waals surface area contributed by atoms with Crippen LogP contribution in [0, 0.1) is 15.9 Å². The summed E-state index contributed by atoms with van der Waals surface area (Å²) in [6.45, 7) is 2.69. The SMILES string of the molecule is COCCOc1ccc(C(C)Nc2ccc(F)cc2[N+](=O)[O-])cc1OC. The van der Waals surface area contributed by atoms with E-state index in [2.05, 4.69) is 5.32 Å². The third-order valence-corrected chi connectivity index (χ3v) is 3.76. The minimum Gasteiger partial charge on any atom is -0.493 e. The van der Waals surface area contributed by atoms with Crippen LogP contribution in [0.25, 0.3) is 0 Å². The van der Waals surface area contributed by atoms with E-state index >= 15 is 0 Å². The maximum atomic E-state index is 13.3. The van der Waals surface area contributed by atoms with Crippen LogP contribution < -0.4 is 14.8 Å². The number of halogens is 1. The second-order valence-corrected chi connectivity index (χ2v) is 5.54. The quantitative estimate of drug-likeness (QED) is 0.412. The summed E-state index contributed by atoms with van der Waals surface area (Å²) in [5.41, 5.74) is 0.756. The van der Waals surface area contributed by atoms with Crippen LogP contribution in [-0.2, 0) is 4.74 Å². The zero-order valence-electron chi connectivity index (χ0n) is 14.8. The molecule has 0 bridgehead atoms. The Morgan fingerprint density at radius 1 is 1.15 bits per heavy atom. The molecule has 0 amide bonds. The van der Waals surface area contributed by atoms with Crippen LogP contribution in [0.15, 0.2) is 36.4 Å². The molecule has 0 fully saturated rings. The Labute approximate surface area is 150 Å². The Morgan fingerprint density at radius 2 is 1.92 bits per heavy atom. The van der Waals surface area contributed by atoms with Gasteiger partial charge in [-0.2, -0.15) is 0 Å². The van der Waals surface area contributed by atoms with E-state index in [-0.39, 0.29) is 17.4 Å². The van der Waals surface area contributed by atoms with E-state index in [1.54, 1.807) is 19.2 Å². The zero-order valence-corrected chi connectivity index (χ0v) is 14.8. The molecule has 0 radical (unpaired) electrons. The van der Waals surface area contributed by atoms with Crippen molar-refractivity contribution in [1.29, 1.82) is 0 Å². The summed E-state index contributed by atoms with van der Waals surface area (Å²) < 4.78 is 29.1. The van der Waals surface area contributed by atoms with Crippen molar-refractivity contribution in [3.05, 3.63) is 57.9 Å². The summed E-state index contributed by atoms with van der Waals surface area (Å²) in [4.78, 5) is 10.5. The molecule has 0 heterocycles. The number of hydrogen-bond donors (Lipinski definition) is 1. The Balaban J connectivity index is 2.19. The molecule has 0 aliphatic carbocycles. The number of anilines is 1. The van der Waals surface area contributed by atoms with Crippen LogP contribution >= 0.6 is 0 Å². The van der Waals surface area contributed by atoms with Gasteiger partial charge in [0.05, 0.1) is 24.7 Å². The van der Waals surface area contributed by atoms with Gasteiger partial charge >= 0.3 is 0 Å². The topological polar surface area (TPSA) is 82.9 Å². The first-order valence-electron chi connectivity index (χ1n) is 7.96. The van der Waals surface area contributed by atoms with Gasteiger partial charge in [0.15, 0.2) is 11.5 Å².